The molecule has 0 aliphatic carbocycles. The van der Waals surface area contributed by atoms with E-state index in [0.29, 0.717) is 0 Å². The van der Waals surface area contributed by atoms with Gasteiger partial charge in [-0.15, -0.1) is 0 Å². The molecule has 0 aliphatic rings. The van der Waals surface area contributed by atoms with Gasteiger partial charge in [-0.05, 0) is 43.7 Å². The molecule has 0 aromatic heterocycles. The van der Waals surface area contributed by atoms with Crippen molar-refractivity contribution in [3.8, 4) is 5.75 Å². The lowest BCUT2D eigenvalue weighted by molar-refractivity contribution is 0.0940. The minimum atomic E-state index is -4.08. The first kappa shape index (κ1) is 19.7. The second kappa shape index (κ2) is 8.18. The van der Waals surface area contributed by atoms with Crippen LogP contribution >= 0.6 is 0 Å². The van der Waals surface area contributed by atoms with Crippen LogP contribution in [0.2, 0.25) is 0 Å². The van der Waals surface area contributed by atoms with E-state index in [1.165, 1.54) is 31.4 Å². The maximum atomic E-state index is 13.8. The van der Waals surface area contributed by atoms with E-state index in [-0.39, 0.29) is 27.9 Å². The lowest BCUT2D eigenvalue weighted by Gasteiger charge is -2.15. The van der Waals surface area contributed by atoms with Gasteiger partial charge in [-0.25, -0.2) is 12.8 Å². The van der Waals surface area contributed by atoms with Crippen LogP contribution in [0.4, 0.5) is 10.1 Å². The van der Waals surface area contributed by atoms with Crippen LogP contribution in [-0.2, 0) is 10.0 Å². The number of benzene rings is 2. The summed E-state index contributed by atoms with van der Waals surface area (Å²) in [6.45, 7) is 3.78. The molecule has 0 saturated heterocycles. The summed E-state index contributed by atoms with van der Waals surface area (Å²) in [7, 11) is -2.79. The van der Waals surface area contributed by atoms with Crippen molar-refractivity contribution in [2.75, 3.05) is 11.8 Å². The first-order valence-corrected chi connectivity index (χ1v) is 9.53. The molecule has 2 aromatic rings. The molecule has 2 aromatic carbocycles. The topological polar surface area (TPSA) is 84.5 Å². The Kier molecular flexibility index (Phi) is 6.20. The van der Waals surface area contributed by atoms with E-state index in [4.69, 9.17) is 4.74 Å². The smallest absolute Gasteiger partial charge is 0.262 e. The average molecular weight is 380 g/mol. The zero-order valence-electron chi connectivity index (χ0n) is 14.7. The van der Waals surface area contributed by atoms with Crippen LogP contribution in [0.3, 0.4) is 0 Å². The summed E-state index contributed by atoms with van der Waals surface area (Å²) in [5.41, 5.74) is 0.301. The highest BCUT2D eigenvalue weighted by molar-refractivity contribution is 7.92. The number of anilines is 1. The fraction of sp³-hybridized carbons (Fsp3) is 0.278. The van der Waals surface area contributed by atoms with E-state index < -0.39 is 21.7 Å². The fourth-order valence-electron chi connectivity index (χ4n) is 2.19. The predicted octanol–water partition coefficient (Wildman–Crippen LogP) is 3.16. The number of halogens is 1. The summed E-state index contributed by atoms with van der Waals surface area (Å²) in [6.07, 6.45) is 0.741. The Hall–Kier alpha value is -2.61. The van der Waals surface area contributed by atoms with Crippen molar-refractivity contribution in [1.29, 1.82) is 0 Å². The fourth-order valence-corrected chi connectivity index (χ4v) is 3.28. The van der Waals surface area contributed by atoms with E-state index >= 15 is 0 Å². The molecule has 2 rings (SSSR count). The number of hydrogen-bond acceptors (Lipinski definition) is 4. The van der Waals surface area contributed by atoms with Crippen LogP contribution < -0.4 is 14.8 Å². The van der Waals surface area contributed by atoms with Crippen LogP contribution in [-0.4, -0.2) is 27.5 Å². The number of rotatable bonds is 7. The number of sulfonamides is 1. The highest BCUT2D eigenvalue weighted by atomic mass is 32.2. The molecular formula is C18H21FN2O4S. The van der Waals surface area contributed by atoms with Gasteiger partial charge in [-0.2, -0.15) is 0 Å². The molecule has 6 nitrogen and oxygen atoms in total. The summed E-state index contributed by atoms with van der Waals surface area (Å²) in [5, 5.41) is 2.79. The summed E-state index contributed by atoms with van der Waals surface area (Å²) >= 11 is 0. The minimum Gasteiger partial charge on any atom is -0.494 e. The molecule has 0 unspecified atom stereocenters. The molecule has 1 amide bonds. The zero-order valence-corrected chi connectivity index (χ0v) is 15.6. The first-order chi connectivity index (χ1) is 12.3. The number of ether oxygens (including phenoxy) is 1. The maximum Gasteiger partial charge on any atom is 0.262 e. The number of carbonyl (C=O) groups excluding carboxylic acids is 1. The lowest BCUT2D eigenvalue weighted by atomic mass is 10.1. The van der Waals surface area contributed by atoms with Crippen molar-refractivity contribution in [3.05, 3.63) is 53.8 Å². The maximum absolute atomic E-state index is 13.8. The third-order valence-corrected chi connectivity index (χ3v) is 5.20. The third-order valence-electron chi connectivity index (χ3n) is 3.84. The SMILES string of the molecule is CC[C@@H](C)NC(=O)c1ccccc1NS(=O)(=O)c1ccc(OC)c(F)c1. The normalized spacial score (nSPS) is 12.3. The van der Waals surface area contributed by atoms with Gasteiger partial charge in [-0.3, -0.25) is 9.52 Å². The summed E-state index contributed by atoms with van der Waals surface area (Å²) in [5.74, 6) is -1.24. The molecule has 1 atom stereocenters. The summed E-state index contributed by atoms with van der Waals surface area (Å²) in [4.78, 5) is 12.1. The van der Waals surface area contributed by atoms with Crippen molar-refractivity contribution in [1.82, 2.24) is 5.32 Å². The first-order valence-electron chi connectivity index (χ1n) is 8.04. The Morgan fingerprint density at radius 2 is 1.92 bits per heavy atom. The third kappa shape index (κ3) is 4.51. The minimum absolute atomic E-state index is 0.0529. The van der Waals surface area contributed by atoms with Gasteiger partial charge in [-0.1, -0.05) is 19.1 Å². The number of nitrogens with one attached hydrogen (secondary N) is 2. The number of amides is 1. The lowest BCUT2D eigenvalue weighted by Crippen LogP contribution is -2.32. The van der Waals surface area contributed by atoms with Gasteiger partial charge in [0.1, 0.15) is 0 Å². The molecule has 0 bridgehead atoms. The Bertz CT molecular complexity index is 900. The number of para-hydroxylation sites is 1. The Morgan fingerprint density at radius 1 is 1.23 bits per heavy atom. The van der Waals surface area contributed by atoms with Crippen LogP contribution in [0.25, 0.3) is 0 Å². The molecule has 0 radical (unpaired) electrons. The highest BCUT2D eigenvalue weighted by Crippen LogP contribution is 2.24. The van der Waals surface area contributed by atoms with Gasteiger partial charge >= 0.3 is 0 Å². The number of methoxy groups -OCH3 is 1. The molecule has 26 heavy (non-hydrogen) atoms. The zero-order chi connectivity index (χ0) is 19.3. The number of carbonyl (C=O) groups is 1. The standard InChI is InChI=1S/C18H21FN2O4S/c1-4-12(2)20-18(22)14-7-5-6-8-16(14)21-26(23,24)13-9-10-17(25-3)15(19)11-13/h5-12,21H,4H2,1-3H3,(H,20,22)/t12-/m1/s1. The van der Waals surface area contributed by atoms with Crippen LogP contribution in [0.5, 0.6) is 5.75 Å². The van der Waals surface area contributed by atoms with E-state index in [2.05, 4.69) is 10.0 Å². The van der Waals surface area contributed by atoms with Crippen molar-refractivity contribution in [2.45, 2.75) is 31.2 Å². The summed E-state index contributed by atoms with van der Waals surface area (Å²) < 4.78 is 46.1. The largest absolute Gasteiger partial charge is 0.494 e. The van der Waals surface area contributed by atoms with Gasteiger partial charge in [0.15, 0.2) is 11.6 Å². The van der Waals surface area contributed by atoms with Gasteiger partial charge < -0.3 is 10.1 Å². The van der Waals surface area contributed by atoms with Gasteiger partial charge in [0.05, 0.1) is 23.3 Å². The Morgan fingerprint density at radius 3 is 2.54 bits per heavy atom. The van der Waals surface area contributed by atoms with Crippen molar-refractivity contribution >= 4 is 21.6 Å². The van der Waals surface area contributed by atoms with Gasteiger partial charge in [0, 0.05) is 6.04 Å². The highest BCUT2D eigenvalue weighted by Gasteiger charge is 2.20. The summed E-state index contributed by atoms with van der Waals surface area (Å²) in [6, 6.07) is 9.50. The Balaban J connectivity index is 2.33. The average Bonchev–Trinajstić information content (AvgIpc) is 2.61. The molecule has 0 heterocycles. The molecule has 0 saturated carbocycles. The quantitative estimate of drug-likeness (QED) is 0.773. The molecule has 2 N–H and O–H groups in total. The van der Waals surface area contributed by atoms with Crippen LogP contribution in [0.15, 0.2) is 47.4 Å². The van der Waals surface area contributed by atoms with Crippen LogP contribution in [0, 0.1) is 5.82 Å². The monoisotopic (exact) mass is 380 g/mol. The molecule has 140 valence electrons. The molecule has 0 spiro atoms. The van der Waals surface area contributed by atoms with Gasteiger partial charge in [0.2, 0.25) is 0 Å². The van der Waals surface area contributed by atoms with E-state index in [1.807, 2.05) is 13.8 Å². The Labute approximate surface area is 152 Å². The van der Waals surface area contributed by atoms with Crippen molar-refractivity contribution in [2.24, 2.45) is 0 Å². The molecule has 0 aliphatic heterocycles. The molecule has 0 fully saturated rings. The molecule has 8 heteroatoms. The van der Waals surface area contributed by atoms with Crippen molar-refractivity contribution in [3.63, 3.8) is 0 Å². The molecular weight excluding hydrogens is 359 g/mol. The predicted molar refractivity (Wildman–Crippen MR) is 97.4 cm³/mol. The van der Waals surface area contributed by atoms with Crippen molar-refractivity contribution < 1.29 is 22.3 Å². The number of hydrogen-bond donors (Lipinski definition) is 2. The second-order valence-electron chi connectivity index (χ2n) is 5.73. The van der Waals surface area contributed by atoms with E-state index in [9.17, 15) is 17.6 Å². The van der Waals surface area contributed by atoms with Gasteiger partial charge in [0.25, 0.3) is 15.9 Å². The second-order valence-corrected chi connectivity index (χ2v) is 7.41. The van der Waals surface area contributed by atoms with Crippen LogP contribution in [0.1, 0.15) is 30.6 Å². The van der Waals surface area contributed by atoms with E-state index in [1.54, 1.807) is 12.1 Å². The van der Waals surface area contributed by atoms with E-state index in [0.717, 1.165) is 12.5 Å².